The van der Waals surface area contributed by atoms with Gasteiger partial charge < -0.3 is 14.8 Å². The molecule has 0 radical (unpaired) electrons. The van der Waals surface area contributed by atoms with Crippen molar-refractivity contribution in [2.45, 2.75) is 12.5 Å². The Labute approximate surface area is 150 Å². The van der Waals surface area contributed by atoms with Crippen molar-refractivity contribution in [3.05, 3.63) is 54.1 Å². The van der Waals surface area contributed by atoms with Gasteiger partial charge in [0.05, 0.1) is 23.0 Å². The molecule has 2 aromatic carbocycles. The second kappa shape index (κ2) is 7.19. The monoisotopic (exact) mass is 354 g/mol. The standard InChI is InChI=1S/C19H18N2O3S/c22-18(12-25-19-9-13-5-1-2-6-15(13)21-19)20-10-14-11-23-16-7-3-4-8-17(16)24-14/h1-8,14H,9-12H2,(H,20,22). The van der Waals surface area contributed by atoms with E-state index >= 15 is 0 Å². The number of rotatable bonds is 4. The molecule has 0 saturated carbocycles. The van der Waals surface area contributed by atoms with Crippen LogP contribution in [0.3, 0.4) is 0 Å². The third-order valence-electron chi connectivity index (χ3n) is 4.04. The number of carbonyl (C=O) groups is 1. The Kier molecular flexibility index (Phi) is 4.61. The second-order valence-corrected chi connectivity index (χ2v) is 6.95. The highest BCUT2D eigenvalue weighted by atomic mass is 32.2. The van der Waals surface area contributed by atoms with Crippen LogP contribution in [0.25, 0.3) is 0 Å². The van der Waals surface area contributed by atoms with Gasteiger partial charge in [0.1, 0.15) is 12.7 Å². The van der Waals surface area contributed by atoms with Gasteiger partial charge in [-0.1, -0.05) is 30.3 Å². The predicted molar refractivity (Wildman–Crippen MR) is 99.1 cm³/mol. The molecule has 2 heterocycles. The molecule has 25 heavy (non-hydrogen) atoms. The number of nitrogens with one attached hydrogen (secondary N) is 1. The number of thioether (sulfide) groups is 1. The molecule has 2 aliphatic rings. The Bertz CT molecular complexity index is 822. The van der Waals surface area contributed by atoms with Gasteiger partial charge in [0, 0.05) is 6.42 Å². The molecular formula is C19H18N2O3S. The van der Waals surface area contributed by atoms with Gasteiger partial charge in [0.15, 0.2) is 11.5 Å². The minimum atomic E-state index is -0.170. The molecule has 128 valence electrons. The maximum atomic E-state index is 12.1. The molecule has 4 rings (SSSR count). The summed E-state index contributed by atoms with van der Waals surface area (Å²) in [5, 5.41) is 3.90. The molecule has 0 spiro atoms. The molecule has 0 aromatic heterocycles. The fourth-order valence-electron chi connectivity index (χ4n) is 2.78. The van der Waals surface area contributed by atoms with E-state index in [1.165, 1.54) is 17.3 Å². The van der Waals surface area contributed by atoms with E-state index in [9.17, 15) is 4.79 Å². The highest BCUT2D eigenvalue weighted by molar-refractivity contribution is 8.14. The van der Waals surface area contributed by atoms with Gasteiger partial charge in [-0.3, -0.25) is 4.79 Å². The van der Waals surface area contributed by atoms with E-state index in [0.717, 1.165) is 28.7 Å². The van der Waals surface area contributed by atoms with Crippen molar-refractivity contribution in [2.24, 2.45) is 4.99 Å². The average molecular weight is 354 g/mol. The number of hydrogen-bond acceptors (Lipinski definition) is 5. The molecule has 0 saturated heterocycles. The van der Waals surface area contributed by atoms with Crippen LogP contribution in [-0.4, -0.2) is 36.0 Å². The molecular weight excluding hydrogens is 336 g/mol. The zero-order chi connectivity index (χ0) is 17.1. The van der Waals surface area contributed by atoms with Crippen LogP contribution >= 0.6 is 11.8 Å². The summed E-state index contributed by atoms with van der Waals surface area (Å²) in [5.74, 6) is 1.81. The first-order valence-corrected chi connectivity index (χ1v) is 9.20. The first kappa shape index (κ1) is 16.0. The van der Waals surface area contributed by atoms with E-state index in [0.29, 0.717) is 18.9 Å². The molecule has 1 amide bonds. The van der Waals surface area contributed by atoms with Gasteiger partial charge in [-0.15, -0.1) is 11.8 Å². The molecule has 1 unspecified atom stereocenters. The smallest absolute Gasteiger partial charge is 0.230 e. The molecule has 2 aromatic rings. The lowest BCUT2D eigenvalue weighted by Crippen LogP contribution is -2.41. The van der Waals surface area contributed by atoms with E-state index in [1.54, 1.807) is 0 Å². The third-order valence-corrected chi connectivity index (χ3v) is 5.02. The number of fused-ring (bicyclic) bond motifs is 2. The van der Waals surface area contributed by atoms with Crippen molar-refractivity contribution in [3.8, 4) is 11.5 Å². The second-order valence-electron chi connectivity index (χ2n) is 5.90. The number of nitrogens with zero attached hydrogens (tertiary/aromatic N) is 1. The lowest BCUT2D eigenvalue weighted by Gasteiger charge is -2.26. The maximum Gasteiger partial charge on any atom is 0.230 e. The maximum absolute atomic E-state index is 12.1. The minimum Gasteiger partial charge on any atom is -0.486 e. The Morgan fingerprint density at radius 1 is 1.16 bits per heavy atom. The van der Waals surface area contributed by atoms with E-state index in [1.807, 2.05) is 42.5 Å². The highest BCUT2D eigenvalue weighted by Crippen LogP contribution is 2.31. The Hall–Kier alpha value is -2.47. The summed E-state index contributed by atoms with van der Waals surface area (Å²) in [6, 6.07) is 15.6. The van der Waals surface area contributed by atoms with Crippen molar-refractivity contribution in [1.82, 2.24) is 5.32 Å². The van der Waals surface area contributed by atoms with Crippen LogP contribution in [0.15, 0.2) is 53.5 Å². The fourth-order valence-corrected chi connectivity index (χ4v) is 3.60. The van der Waals surface area contributed by atoms with Crippen molar-refractivity contribution in [3.63, 3.8) is 0 Å². The molecule has 5 nitrogen and oxygen atoms in total. The number of amides is 1. The zero-order valence-corrected chi connectivity index (χ0v) is 14.4. The topological polar surface area (TPSA) is 59.9 Å². The first-order chi connectivity index (χ1) is 12.3. The first-order valence-electron chi connectivity index (χ1n) is 8.21. The summed E-state index contributed by atoms with van der Waals surface area (Å²) in [4.78, 5) is 16.6. The Morgan fingerprint density at radius 3 is 2.84 bits per heavy atom. The molecule has 0 bridgehead atoms. The van der Waals surface area contributed by atoms with Crippen LogP contribution in [0.4, 0.5) is 5.69 Å². The number of para-hydroxylation sites is 3. The van der Waals surface area contributed by atoms with Crippen LogP contribution in [0.2, 0.25) is 0 Å². The van der Waals surface area contributed by atoms with Gasteiger partial charge in [0.25, 0.3) is 0 Å². The van der Waals surface area contributed by atoms with Gasteiger partial charge >= 0.3 is 0 Å². The van der Waals surface area contributed by atoms with Crippen molar-refractivity contribution in [2.75, 3.05) is 18.9 Å². The van der Waals surface area contributed by atoms with Crippen LogP contribution < -0.4 is 14.8 Å². The summed E-state index contributed by atoms with van der Waals surface area (Å²) in [6.45, 7) is 0.868. The van der Waals surface area contributed by atoms with Gasteiger partial charge in [0.2, 0.25) is 5.91 Å². The quantitative estimate of drug-likeness (QED) is 0.917. The van der Waals surface area contributed by atoms with E-state index in [-0.39, 0.29) is 12.0 Å². The van der Waals surface area contributed by atoms with Crippen molar-refractivity contribution < 1.29 is 14.3 Å². The SMILES string of the molecule is O=C(CSC1=Nc2ccccc2C1)NCC1COc2ccccc2O1. The van der Waals surface area contributed by atoms with Gasteiger partial charge in [-0.2, -0.15) is 0 Å². The lowest BCUT2D eigenvalue weighted by molar-refractivity contribution is -0.119. The fraction of sp³-hybridized carbons (Fsp3) is 0.263. The van der Waals surface area contributed by atoms with E-state index < -0.39 is 0 Å². The third kappa shape index (κ3) is 3.79. The highest BCUT2D eigenvalue weighted by Gasteiger charge is 2.21. The normalized spacial score (nSPS) is 17.6. The van der Waals surface area contributed by atoms with Crippen LogP contribution in [0.5, 0.6) is 11.5 Å². The van der Waals surface area contributed by atoms with Crippen LogP contribution in [0.1, 0.15) is 5.56 Å². The molecule has 0 fully saturated rings. The average Bonchev–Trinajstić information content (AvgIpc) is 3.07. The molecule has 0 aliphatic carbocycles. The van der Waals surface area contributed by atoms with Crippen molar-refractivity contribution in [1.29, 1.82) is 0 Å². The van der Waals surface area contributed by atoms with Gasteiger partial charge in [-0.05, 0) is 23.8 Å². The summed E-state index contributed by atoms with van der Waals surface area (Å²) < 4.78 is 11.5. The van der Waals surface area contributed by atoms with Crippen LogP contribution in [-0.2, 0) is 11.2 Å². The number of hydrogen-bond donors (Lipinski definition) is 1. The predicted octanol–water partition coefficient (Wildman–Crippen LogP) is 2.96. The number of benzene rings is 2. The minimum absolute atomic E-state index is 0.0221. The molecule has 1 atom stereocenters. The van der Waals surface area contributed by atoms with Gasteiger partial charge in [-0.25, -0.2) is 4.99 Å². The Balaban J connectivity index is 1.22. The Morgan fingerprint density at radius 2 is 1.96 bits per heavy atom. The van der Waals surface area contributed by atoms with Crippen LogP contribution in [0, 0.1) is 0 Å². The van der Waals surface area contributed by atoms with Crippen molar-refractivity contribution >= 4 is 28.4 Å². The number of carbonyl (C=O) groups excluding carboxylic acids is 1. The molecule has 2 aliphatic heterocycles. The lowest BCUT2D eigenvalue weighted by atomic mass is 10.2. The summed E-state index contributed by atoms with van der Waals surface area (Å²) in [5.41, 5.74) is 2.23. The summed E-state index contributed by atoms with van der Waals surface area (Å²) >= 11 is 1.49. The largest absolute Gasteiger partial charge is 0.486 e. The summed E-state index contributed by atoms with van der Waals surface area (Å²) in [7, 11) is 0. The molecule has 1 N–H and O–H groups in total. The van der Waals surface area contributed by atoms with E-state index in [4.69, 9.17) is 9.47 Å². The molecule has 6 heteroatoms. The zero-order valence-electron chi connectivity index (χ0n) is 13.6. The summed E-state index contributed by atoms with van der Waals surface area (Å²) in [6.07, 6.45) is 0.640. The number of aliphatic imine (C=N–C) groups is 1. The van der Waals surface area contributed by atoms with E-state index in [2.05, 4.69) is 16.4 Å². The number of ether oxygens (including phenoxy) is 2.